The predicted molar refractivity (Wildman–Crippen MR) is 108 cm³/mol. The van der Waals surface area contributed by atoms with E-state index in [1.165, 1.54) is 12.1 Å². The second-order valence-electron chi connectivity index (χ2n) is 6.54. The fourth-order valence-electron chi connectivity index (χ4n) is 3.06. The third-order valence-corrected chi connectivity index (χ3v) is 4.73. The summed E-state index contributed by atoms with van der Waals surface area (Å²) in [6, 6.07) is 20.0. The van der Waals surface area contributed by atoms with Crippen LogP contribution in [0.15, 0.2) is 77.4 Å². The summed E-state index contributed by atoms with van der Waals surface area (Å²) in [6.45, 7) is 1.14. The molecule has 0 bridgehead atoms. The molecule has 5 nitrogen and oxygen atoms in total. The van der Waals surface area contributed by atoms with Gasteiger partial charge in [0.1, 0.15) is 5.82 Å². The van der Waals surface area contributed by atoms with E-state index in [0.29, 0.717) is 29.6 Å². The van der Waals surface area contributed by atoms with Crippen LogP contribution in [0.25, 0.3) is 17.3 Å². The maximum absolute atomic E-state index is 13.1. The Morgan fingerprint density at radius 1 is 1.04 bits per heavy atom. The van der Waals surface area contributed by atoms with E-state index >= 15 is 0 Å². The van der Waals surface area contributed by atoms with Gasteiger partial charge < -0.3 is 4.42 Å². The van der Waals surface area contributed by atoms with Gasteiger partial charge in [0, 0.05) is 6.54 Å². The van der Waals surface area contributed by atoms with Gasteiger partial charge in [0.15, 0.2) is 5.76 Å². The summed E-state index contributed by atoms with van der Waals surface area (Å²) in [5.41, 5.74) is 1.94. The first-order valence-corrected chi connectivity index (χ1v) is 9.25. The highest BCUT2D eigenvalue weighted by Gasteiger charge is 2.17. The number of halogens is 1. The highest BCUT2D eigenvalue weighted by molar-refractivity contribution is 7.71. The molecule has 0 amide bonds. The summed E-state index contributed by atoms with van der Waals surface area (Å²) < 4.78 is 22.9. The zero-order chi connectivity index (χ0) is 19.5. The van der Waals surface area contributed by atoms with Crippen LogP contribution < -0.4 is 0 Å². The van der Waals surface area contributed by atoms with E-state index < -0.39 is 0 Å². The van der Waals surface area contributed by atoms with Gasteiger partial charge in [0.2, 0.25) is 10.6 Å². The van der Waals surface area contributed by atoms with E-state index in [-0.39, 0.29) is 5.82 Å². The van der Waals surface area contributed by atoms with Gasteiger partial charge in [-0.2, -0.15) is 0 Å². The maximum Gasteiger partial charge on any atom is 0.204 e. The summed E-state index contributed by atoms with van der Waals surface area (Å²) in [6.07, 6.45) is 1.62. The van der Waals surface area contributed by atoms with Crippen molar-refractivity contribution in [3.8, 4) is 17.3 Å². The zero-order valence-corrected chi connectivity index (χ0v) is 16.1. The van der Waals surface area contributed by atoms with Crippen molar-refractivity contribution in [3.05, 3.63) is 89.1 Å². The molecule has 4 rings (SSSR count). The number of rotatable bonds is 6. The molecule has 0 unspecified atom stereocenters. The van der Waals surface area contributed by atoms with Crippen molar-refractivity contribution in [2.24, 2.45) is 0 Å². The smallest absolute Gasteiger partial charge is 0.204 e. The Kier molecular flexibility index (Phi) is 5.18. The van der Waals surface area contributed by atoms with Gasteiger partial charge in [-0.05, 0) is 61.2 Å². The normalized spacial score (nSPS) is 11.2. The zero-order valence-electron chi connectivity index (χ0n) is 15.3. The number of furan rings is 1. The Morgan fingerprint density at radius 2 is 1.79 bits per heavy atom. The molecule has 142 valence electrons. The van der Waals surface area contributed by atoms with Crippen LogP contribution in [-0.4, -0.2) is 26.3 Å². The Hall–Kier alpha value is -3.03. The molecule has 0 saturated heterocycles. The Morgan fingerprint density at radius 3 is 2.46 bits per heavy atom. The number of nitrogens with zero attached hydrogens (tertiary/aromatic N) is 4. The minimum absolute atomic E-state index is 0.238. The molecular formula is C21H19FN4OS. The molecule has 0 aliphatic heterocycles. The topological polar surface area (TPSA) is 39.1 Å². The molecule has 2 heterocycles. The molecule has 0 aliphatic rings. The Bertz CT molecular complexity index is 1100. The van der Waals surface area contributed by atoms with Crippen molar-refractivity contribution in [1.29, 1.82) is 0 Å². The van der Waals surface area contributed by atoms with E-state index in [0.717, 1.165) is 11.3 Å². The first-order chi connectivity index (χ1) is 13.6. The van der Waals surface area contributed by atoms with Crippen molar-refractivity contribution in [3.63, 3.8) is 0 Å². The molecule has 0 spiro atoms. The van der Waals surface area contributed by atoms with E-state index in [1.54, 1.807) is 23.1 Å². The van der Waals surface area contributed by atoms with Crippen LogP contribution in [0.4, 0.5) is 4.39 Å². The van der Waals surface area contributed by atoms with E-state index in [4.69, 9.17) is 21.7 Å². The largest absolute Gasteiger partial charge is 0.461 e. The van der Waals surface area contributed by atoms with Crippen molar-refractivity contribution in [2.45, 2.75) is 13.2 Å². The lowest BCUT2D eigenvalue weighted by Crippen LogP contribution is -2.22. The molecule has 7 heteroatoms. The molecule has 2 aromatic carbocycles. The number of hydrogen-bond acceptors (Lipinski definition) is 4. The van der Waals surface area contributed by atoms with Crippen LogP contribution >= 0.6 is 12.2 Å². The molecular weight excluding hydrogens is 375 g/mol. The van der Waals surface area contributed by atoms with Crippen molar-refractivity contribution in [1.82, 2.24) is 19.2 Å². The van der Waals surface area contributed by atoms with Crippen LogP contribution in [0.3, 0.4) is 0 Å². The van der Waals surface area contributed by atoms with Crippen LogP contribution in [-0.2, 0) is 13.2 Å². The first-order valence-electron chi connectivity index (χ1n) is 8.84. The van der Waals surface area contributed by atoms with Gasteiger partial charge in [-0.25, -0.2) is 9.07 Å². The van der Waals surface area contributed by atoms with Gasteiger partial charge in [0.25, 0.3) is 0 Å². The van der Waals surface area contributed by atoms with Gasteiger partial charge in [-0.15, -0.1) is 5.10 Å². The van der Waals surface area contributed by atoms with Gasteiger partial charge in [-0.1, -0.05) is 30.3 Å². The quantitative estimate of drug-likeness (QED) is 0.437. The number of hydrogen-bond donors (Lipinski definition) is 0. The van der Waals surface area contributed by atoms with Crippen LogP contribution in [0.5, 0.6) is 0 Å². The average Bonchev–Trinajstić information content (AvgIpc) is 3.33. The lowest BCUT2D eigenvalue weighted by molar-refractivity contribution is 0.244. The monoisotopic (exact) mass is 394 g/mol. The first kappa shape index (κ1) is 18.3. The second-order valence-corrected chi connectivity index (χ2v) is 6.90. The van der Waals surface area contributed by atoms with Gasteiger partial charge >= 0.3 is 0 Å². The van der Waals surface area contributed by atoms with E-state index in [9.17, 15) is 4.39 Å². The van der Waals surface area contributed by atoms with Crippen molar-refractivity contribution < 1.29 is 8.81 Å². The molecule has 0 radical (unpaired) electrons. The average molecular weight is 394 g/mol. The lowest BCUT2D eigenvalue weighted by Gasteiger charge is -2.16. The summed E-state index contributed by atoms with van der Waals surface area (Å²) >= 11 is 5.71. The third kappa shape index (κ3) is 3.81. The highest BCUT2D eigenvalue weighted by Crippen LogP contribution is 2.23. The minimum atomic E-state index is -0.238. The molecule has 0 saturated carbocycles. The van der Waals surface area contributed by atoms with Crippen molar-refractivity contribution in [2.75, 3.05) is 7.05 Å². The number of para-hydroxylation sites is 1. The second kappa shape index (κ2) is 7.92. The highest BCUT2D eigenvalue weighted by atomic mass is 32.1. The summed E-state index contributed by atoms with van der Waals surface area (Å²) in [4.78, 5) is 2.07. The number of aromatic nitrogens is 3. The lowest BCUT2D eigenvalue weighted by atomic mass is 10.2. The van der Waals surface area contributed by atoms with Crippen molar-refractivity contribution >= 4 is 12.2 Å². The molecule has 2 aromatic heterocycles. The van der Waals surface area contributed by atoms with Crippen LogP contribution in [0.1, 0.15) is 5.56 Å². The summed E-state index contributed by atoms with van der Waals surface area (Å²) in [5.74, 6) is 1.06. The SMILES string of the molecule is CN(Cc1ccc(F)cc1)Cn1nc(-c2ccco2)n(-c2ccccc2)c1=S. The molecule has 0 fully saturated rings. The molecule has 4 aromatic rings. The summed E-state index contributed by atoms with van der Waals surface area (Å²) in [5, 5.41) is 4.70. The molecule has 0 N–H and O–H groups in total. The Balaban J connectivity index is 1.66. The molecule has 28 heavy (non-hydrogen) atoms. The van der Waals surface area contributed by atoms with Crippen LogP contribution in [0, 0.1) is 10.6 Å². The fraction of sp³-hybridized carbons (Fsp3) is 0.143. The minimum Gasteiger partial charge on any atom is -0.461 e. The van der Waals surface area contributed by atoms with Crippen LogP contribution in [0.2, 0.25) is 0 Å². The molecule has 0 atom stereocenters. The maximum atomic E-state index is 13.1. The van der Waals surface area contributed by atoms with Gasteiger partial charge in [-0.3, -0.25) is 9.47 Å². The predicted octanol–water partition coefficient (Wildman–Crippen LogP) is 4.89. The third-order valence-electron chi connectivity index (χ3n) is 4.34. The van der Waals surface area contributed by atoms with E-state index in [1.807, 2.05) is 54.1 Å². The fourth-order valence-corrected chi connectivity index (χ4v) is 3.35. The molecule has 0 aliphatic carbocycles. The van der Waals surface area contributed by atoms with Gasteiger partial charge in [0.05, 0.1) is 18.6 Å². The standard InChI is InChI=1S/C21H19FN4OS/c1-24(14-16-9-11-17(22)12-10-16)15-25-21(28)26(18-6-3-2-4-7-18)20(23-25)19-8-5-13-27-19/h2-13H,14-15H2,1H3. The Labute approximate surface area is 167 Å². The summed E-state index contributed by atoms with van der Waals surface area (Å²) in [7, 11) is 1.97. The number of benzene rings is 2. The van der Waals surface area contributed by atoms with E-state index in [2.05, 4.69) is 4.90 Å².